The highest BCUT2D eigenvalue weighted by molar-refractivity contribution is 6.31. The summed E-state index contributed by atoms with van der Waals surface area (Å²) in [6.45, 7) is -0.140. The monoisotopic (exact) mass is 442 g/mol. The van der Waals surface area contributed by atoms with E-state index in [2.05, 4.69) is 20.8 Å². The molecule has 9 heteroatoms. The molecule has 1 unspecified atom stereocenters. The van der Waals surface area contributed by atoms with Crippen LogP contribution in [0.5, 0.6) is 0 Å². The van der Waals surface area contributed by atoms with Crippen molar-refractivity contribution < 1.29 is 9.59 Å². The van der Waals surface area contributed by atoms with Gasteiger partial charge in [-0.15, -0.1) is 5.10 Å². The lowest BCUT2D eigenvalue weighted by Gasteiger charge is -2.35. The minimum atomic E-state index is -1.39. The standard InChI is InChI=1S/C23H15ClN6O2/c24-15-7-5-6-14(12-15)20(31)13-29-19-11-4-2-9-17(19)23(22(29)32)25-18-10-3-1-8-16(18)21-26-27-28-30(21)23/h1-12,25H,13H2. The predicted octanol–water partition coefficient (Wildman–Crippen LogP) is 3.35. The van der Waals surface area contributed by atoms with E-state index < -0.39 is 5.66 Å². The first kappa shape index (κ1) is 18.7. The number of hydrogen-bond donors (Lipinski definition) is 1. The maximum Gasteiger partial charge on any atom is 0.281 e. The van der Waals surface area contributed by atoms with Crippen molar-refractivity contribution in [2.24, 2.45) is 0 Å². The van der Waals surface area contributed by atoms with E-state index in [0.717, 1.165) is 11.3 Å². The second-order valence-corrected chi connectivity index (χ2v) is 8.07. The Labute approximate surface area is 187 Å². The van der Waals surface area contributed by atoms with Crippen LogP contribution in [0.2, 0.25) is 5.02 Å². The SMILES string of the molecule is O=C(CN1C(=O)C2(Nc3ccccc3-c3nnnn32)c2ccccc21)c1cccc(Cl)c1. The number of tetrazole rings is 1. The van der Waals surface area contributed by atoms with Crippen molar-refractivity contribution in [2.45, 2.75) is 5.66 Å². The third kappa shape index (κ3) is 2.47. The summed E-state index contributed by atoms with van der Waals surface area (Å²) >= 11 is 6.06. The van der Waals surface area contributed by atoms with Crippen molar-refractivity contribution in [1.29, 1.82) is 0 Å². The van der Waals surface area contributed by atoms with Crippen molar-refractivity contribution in [3.63, 3.8) is 0 Å². The number of nitrogens with one attached hydrogen (secondary N) is 1. The van der Waals surface area contributed by atoms with Gasteiger partial charge in [0, 0.05) is 27.4 Å². The highest BCUT2D eigenvalue weighted by Gasteiger charge is 2.57. The van der Waals surface area contributed by atoms with Gasteiger partial charge in [-0.1, -0.05) is 54.1 Å². The molecule has 0 saturated carbocycles. The van der Waals surface area contributed by atoms with E-state index in [1.807, 2.05) is 48.5 Å². The maximum atomic E-state index is 14.0. The van der Waals surface area contributed by atoms with Gasteiger partial charge in [0.15, 0.2) is 11.6 Å². The summed E-state index contributed by atoms with van der Waals surface area (Å²) in [5.41, 5.74) is 1.88. The molecule has 0 aliphatic carbocycles. The Balaban J connectivity index is 1.49. The molecule has 156 valence electrons. The fourth-order valence-electron chi connectivity index (χ4n) is 4.43. The van der Waals surface area contributed by atoms with Crippen LogP contribution in [0.4, 0.5) is 11.4 Å². The molecule has 2 aliphatic rings. The second-order valence-electron chi connectivity index (χ2n) is 7.64. The Hall–Kier alpha value is -4.04. The smallest absolute Gasteiger partial charge is 0.281 e. The number of benzene rings is 3. The van der Waals surface area contributed by atoms with E-state index in [1.54, 1.807) is 24.3 Å². The zero-order chi connectivity index (χ0) is 21.9. The molecule has 0 bridgehead atoms. The normalized spacial score (nSPS) is 18.2. The number of ketones is 1. The number of anilines is 2. The number of amides is 1. The van der Waals surface area contributed by atoms with Crippen LogP contribution < -0.4 is 10.2 Å². The number of carbonyl (C=O) groups is 2. The molecule has 0 fully saturated rings. The Morgan fingerprint density at radius 2 is 1.84 bits per heavy atom. The molecule has 8 nitrogen and oxygen atoms in total. The molecule has 1 spiro atoms. The first-order valence-corrected chi connectivity index (χ1v) is 10.3. The van der Waals surface area contributed by atoms with Gasteiger partial charge in [-0.3, -0.25) is 9.59 Å². The summed E-state index contributed by atoms with van der Waals surface area (Å²) in [6.07, 6.45) is 0. The number of carbonyl (C=O) groups excluding carboxylic acids is 2. The lowest BCUT2D eigenvalue weighted by atomic mass is 9.96. The number of hydrogen-bond acceptors (Lipinski definition) is 6. The van der Waals surface area contributed by atoms with Gasteiger partial charge >= 0.3 is 0 Å². The summed E-state index contributed by atoms with van der Waals surface area (Å²) in [6, 6.07) is 21.6. The minimum Gasteiger partial charge on any atom is -0.349 e. The summed E-state index contributed by atoms with van der Waals surface area (Å²) < 4.78 is 1.50. The van der Waals surface area contributed by atoms with Crippen LogP contribution >= 0.6 is 11.6 Å². The molecular formula is C23H15ClN6O2. The van der Waals surface area contributed by atoms with Crippen molar-refractivity contribution in [2.75, 3.05) is 16.8 Å². The van der Waals surface area contributed by atoms with E-state index in [-0.39, 0.29) is 18.2 Å². The quantitative estimate of drug-likeness (QED) is 0.489. The molecule has 32 heavy (non-hydrogen) atoms. The first-order valence-electron chi connectivity index (χ1n) is 9.96. The second kappa shape index (κ2) is 6.73. The average Bonchev–Trinajstić information content (AvgIpc) is 3.39. The number of fused-ring (bicyclic) bond motifs is 6. The molecule has 1 aromatic heterocycles. The van der Waals surface area contributed by atoms with Crippen molar-refractivity contribution in [3.05, 3.63) is 88.9 Å². The van der Waals surface area contributed by atoms with Crippen molar-refractivity contribution in [1.82, 2.24) is 20.2 Å². The van der Waals surface area contributed by atoms with Crippen LogP contribution in [0.25, 0.3) is 11.4 Å². The molecular weight excluding hydrogens is 428 g/mol. The van der Waals surface area contributed by atoms with E-state index in [9.17, 15) is 9.59 Å². The van der Waals surface area contributed by atoms with Gasteiger partial charge in [0.2, 0.25) is 5.66 Å². The molecule has 1 N–H and O–H groups in total. The van der Waals surface area contributed by atoms with E-state index in [0.29, 0.717) is 27.7 Å². The largest absolute Gasteiger partial charge is 0.349 e. The fraction of sp³-hybridized carbons (Fsp3) is 0.0870. The molecule has 3 aromatic carbocycles. The molecule has 2 aliphatic heterocycles. The molecule has 6 rings (SSSR count). The third-order valence-corrected chi connectivity index (χ3v) is 6.09. The average molecular weight is 443 g/mol. The van der Waals surface area contributed by atoms with E-state index in [1.165, 1.54) is 9.58 Å². The molecule has 0 saturated heterocycles. The minimum absolute atomic E-state index is 0.140. The molecule has 1 atom stereocenters. The molecule has 1 amide bonds. The van der Waals surface area contributed by atoms with Gasteiger partial charge in [-0.2, -0.15) is 4.68 Å². The van der Waals surface area contributed by atoms with Gasteiger partial charge < -0.3 is 10.2 Å². The van der Waals surface area contributed by atoms with Gasteiger partial charge in [0.25, 0.3) is 5.91 Å². The Morgan fingerprint density at radius 3 is 2.72 bits per heavy atom. The van der Waals surface area contributed by atoms with Gasteiger partial charge in [0.05, 0.1) is 12.2 Å². The summed E-state index contributed by atoms with van der Waals surface area (Å²) in [5.74, 6) is -0.0801. The zero-order valence-corrected chi connectivity index (χ0v) is 17.3. The lowest BCUT2D eigenvalue weighted by molar-refractivity contribution is -0.123. The highest BCUT2D eigenvalue weighted by Crippen LogP contribution is 2.48. The van der Waals surface area contributed by atoms with Crippen LogP contribution in [0, 0.1) is 0 Å². The van der Waals surface area contributed by atoms with E-state index >= 15 is 0 Å². The van der Waals surface area contributed by atoms with Crippen molar-refractivity contribution >= 4 is 34.7 Å². The van der Waals surface area contributed by atoms with Crippen LogP contribution in [0.15, 0.2) is 72.8 Å². The predicted molar refractivity (Wildman–Crippen MR) is 119 cm³/mol. The zero-order valence-electron chi connectivity index (χ0n) is 16.6. The number of Topliss-reactive ketones (excluding diaryl/α,β-unsaturated/α-hetero) is 1. The summed E-state index contributed by atoms with van der Waals surface area (Å²) in [5, 5.41) is 16.0. The number of nitrogens with zero attached hydrogens (tertiary/aromatic N) is 5. The van der Waals surface area contributed by atoms with Crippen LogP contribution in [0.1, 0.15) is 15.9 Å². The van der Waals surface area contributed by atoms with Crippen LogP contribution in [0.3, 0.4) is 0 Å². The van der Waals surface area contributed by atoms with E-state index in [4.69, 9.17) is 11.6 Å². The molecule has 4 aromatic rings. The van der Waals surface area contributed by atoms with Gasteiger partial charge in [-0.05, 0) is 40.8 Å². The van der Waals surface area contributed by atoms with Crippen LogP contribution in [-0.4, -0.2) is 38.4 Å². The lowest BCUT2D eigenvalue weighted by Crippen LogP contribution is -2.54. The Bertz CT molecular complexity index is 1420. The maximum absolute atomic E-state index is 14.0. The highest BCUT2D eigenvalue weighted by atomic mass is 35.5. The van der Waals surface area contributed by atoms with Gasteiger partial charge in [-0.25, -0.2) is 0 Å². The number of halogens is 1. The summed E-state index contributed by atoms with van der Waals surface area (Å²) in [4.78, 5) is 28.5. The topological polar surface area (TPSA) is 93.0 Å². The Kier molecular flexibility index (Phi) is 3.93. The van der Waals surface area contributed by atoms with Crippen molar-refractivity contribution in [3.8, 4) is 11.4 Å². The van der Waals surface area contributed by atoms with Gasteiger partial charge in [0.1, 0.15) is 0 Å². The fourth-order valence-corrected chi connectivity index (χ4v) is 4.62. The third-order valence-electron chi connectivity index (χ3n) is 5.86. The number of rotatable bonds is 3. The number of para-hydroxylation sites is 2. The first-order chi connectivity index (χ1) is 15.6. The van der Waals surface area contributed by atoms with Crippen LogP contribution in [-0.2, 0) is 10.5 Å². The molecule has 0 radical (unpaired) electrons. The Morgan fingerprint density at radius 1 is 1.03 bits per heavy atom. The summed E-state index contributed by atoms with van der Waals surface area (Å²) in [7, 11) is 0. The number of aromatic nitrogens is 4. The molecule has 3 heterocycles.